The van der Waals surface area contributed by atoms with Crippen LogP contribution < -0.4 is 34.5 Å². The van der Waals surface area contributed by atoms with Crippen LogP contribution in [0.4, 0.5) is 28.4 Å². The van der Waals surface area contributed by atoms with E-state index in [1.54, 1.807) is 12.1 Å². The van der Waals surface area contributed by atoms with Crippen LogP contribution in [0.5, 0.6) is 0 Å². The first-order chi connectivity index (χ1) is 17.4. The van der Waals surface area contributed by atoms with Gasteiger partial charge in [0.05, 0.1) is 27.6 Å². The molecule has 0 N–H and O–H groups in total. The molecule has 0 bridgehead atoms. The van der Waals surface area contributed by atoms with Gasteiger partial charge in [-0.25, -0.2) is 8.42 Å². The number of rotatable bonds is 9. The van der Waals surface area contributed by atoms with Gasteiger partial charge in [-0.3, -0.25) is 0 Å². The van der Waals surface area contributed by atoms with Gasteiger partial charge in [0, 0.05) is 18.8 Å². The molecule has 4 rings (SSSR count). The molecule has 4 aromatic rings. The molecule has 0 aromatic heterocycles. The number of anilines is 1. The monoisotopic (exact) mass is 521 g/mol. The van der Waals surface area contributed by atoms with Crippen molar-refractivity contribution in [2.24, 2.45) is 20.5 Å². The summed E-state index contributed by atoms with van der Waals surface area (Å²) >= 11 is 0. The first kappa shape index (κ1) is 28.4. The van der Waals surface area contributed by atoms with Crippen LogP contribution in [0.25, 0.3) is 0 Å². The van der Waals surface area contributed by atoms with Gasteiger partial charge in [0.25, 0.3) is 0 Å². The van der Waals surface area contributed by atoms with Crippen molar-refractivity contribution in [1.82, 2.24) is 0 Å². The van der Waals surface area contributed by atoms with Gasteiger partial charge in [-0.2, -0.15) is 20.5 Å². The molecule has 0 atom stereocenters. The predicted molar refractivity (Wildman–Crippen MR) is 139 cm³/mol. The third-order valence-corrected chi connectivity index (χ3v) is 6.16. The second-order valence-corrected chi connectivity index (χ2v) is 9.26. The van der Waals surface area contributed by atoms with E-state index < -0.39 is 10.1 Å². The summed E-state index contributed by atoms with van der Waals surface area (Å²) in [7, 11) is -4.49. The maximum absolute atomic E-state index is 11.3. The fourth-order valence-corrected chi connectivity index (χ4v) is 3.99. The molecule has 0 saturated carbocycles. The Morgan fingerprint density at radius 3 is 1.65 bits per heavy atom. The molecule has 0 aliphatic heterocycles. The Kier molecular flexibility index (Phi) is 10.2. The largest absolute Gasteiger partial charge is 1.00 e. The van der Waals surface area contributed by atoms with Crippen LogP contribution in [0.15, 0.2) is 128 Å². The summed E-state index contributed by atoms with van der Waals surface area (Å²) in [4.78, 5) is 1.85. The molecule has 8 nitrogen and oxygen atoms in total. The molecule has 182 valence electrons. The summed E-state index contributed by atoms with van der Waals surface area (Å²) in [6.45, 7) is 3.17. The zero-order chi connectivity index (χ0) is 25.4. The quantitative estimate of drug-likeness (QED) is 0.184. The molecule has 0 saturated heterocycles. The molecule has 37 heavy (non-hydrogen) atoms. The maximum Gasteiger partial charge on any atom is 1.00 e. The molecule has 0 heterocycles. The molecule has 0 radical (unpaired) electrons. The fourth-order valence-electron chi connectivity index (χ4n) is 3.45. The van der Waals surface area contributed by atoms with E-state index in [4.69, 9.17) is 0 Å². The average molecular weight is 522 g/mol. The van der Waals surface area contributed by atoms with E-state index in [-0.39, 0.29) is 34.5 Å². The van der Waals surface area contributed by atoms with Crippen molar-refractivity contribution in [1.29, 1.82) is 0 Å². The molecular weight excluding hydrogens is 497 g/mol. The van der Waals surface area contributed by atoms with Crippen LogP contribution in [-0.2, 0) is 16.7 Å². The van der Waals surface area contributed by atoms with Gasteiger partial charge in [0.1, 0.15) is 10.1 Å². The Morgan fingerprint density at radius 2 is 1.16 bits per heavy atom. The molecule has 0 unspecified atom stereocenters. The van der Waals surface area contributed by atoms with Crippen molar-refractivity contribution >= 4 is 38.6 Å². The Hall–Kier alpha value is -3.21. The minimum absolute atomic E-state index is 0. The van der Waals surface area contributed by atoms with Gasteiger partial charge in [-0.15, -0.1) is 0 Å². The van der Waals surface area contributed by atoms with Gasteiger partial charge in [-0.1, -0.05) is 30.3 Å². The Labute approximate surface area is 238 Å². The van der Waals surface area contributed by atoms with Gasteiger partial charge in [-0.05, 0) is 85.3 Å². The smallest absolute Gasteiger partial charge is 0.744 e. The molecule has 0 fully saturated rings. The van der Waals surface area contributed by atoms with Crippen molar-refractivity contribution in [3.05, 3.63) is 109 Å². The number of hydrogen-bond donors (Lipinski definition) is 0. The standard InChI is InChI=1S/C27H25N5O3S.Na/c1-2-32(20-21-7-6-10-27(19-21)36(33,34)35)26-17-15-25(16-18-26)31-30-24-13-11-23(12-14-24)29-28-22-8-4-3-5-9-22;/h3-19H,2,20H2,1H3,(H,33,34,35);/q;+1/p-1. The normalized spacial score (nSPS) is 11.5. The summed E-state index contributed by atoms with van der Waals surface area (Å²) in [6, 6.07) is 30.5. The zero-order valence-corrected chi connectivity index (χ0v) is 23.4. The Morgan fingerprint density at radius 1 is 0.676 bits per heavy atom. The van der Waals surface area contributed by atoms with Crippen LogP contribution in [0.3, 0.4) is 0 Å². The Bertz CT molecular complexity index is 1460. The summed E-state index contributed by atoms with van der Waals surface area (Å²) in [5.41, 5.74) is 4.59. The van der Waals surface area contributed by atoms with Crippen LogP contribution in [0.2, 0.25) is 0 Å². The molecule has 0 spiro atoms. The maximum atomic E-state index is 11.3. The summed E-state index contributed by atoms with van der Waals surface area (Å²) in [5, 5.41) is 17.0. The van der Waals surface area contributed by atoms with E-state index in [1.165, 1.54) is 12.1 Å². The van der Waals surface area contributed by atoms with Crippen molar-refractivity contribution in [3.8, 4) is 0 Å². The van der Waals surface area contributed by atoms with E-state index >= 15 is 0 Å². The zero-order valence-electron chi connectivity index (χ0n) is 20.6. The third-order valence-electron chi connectivity index (χ3n) is 5.32. The number of benzene rings is 4. The fraction of sp³-hybridized carbons (Fsp3) is 0.111. The van der Waals surface area contributed by atoms with E-state index in [1.807, 2.05) is 85.8 Å². The number of nitrogens with zero attached hydrogens (tertiary/aromatic N) is 5. The molecule has 10 heteroatoms. The third kappa shape index (κ3) is 8.41. The molecule has 0 aliphatic rings. The summed E-state index contributed by atoms with van der Waals surface area (Å²) in [6.07, 6.45) is 0. The second-order valence-electron chi connectivity index (χ2n) is 7.88. The van der Waals surface area contributed by atoms with Crippen molar-refractivity contribution in [3.63, 3.8) is 0 Å². The summed E-state index contributed by atoms with van der Waals surface area (Å²) < 4.78 is 33.9. The molecule has 0 aliphatic carbocycles. The number of azo groups is 2. The van der Waals surface area contributed by atoms with Crippen LogP contribution in [0, 0.1) is 0 Å². The van der Waals surface area contributed by atoms with Gasteiger partial charge in [0.15, 0.2) is 0 Å². The minimum Gasteiger partial charge on any atom is -0.744 e. The van der Waals surface area contributed by atoms with Gasteiger partial charge >= 0.3 is 29.6 Å². The second kappa shape index (κ2) is 13.4. The van der Waals surface area contributed by atoms with E-state index in [0.717, 1.165) is 22.6 Å². The van der Waals surface area contributed by atoms with E-state index in [9.17, 15) is 13.0 Å². The van der Waals surface area contributed by atoms with Crippen molar-refractivity contribution < 1.29 is 42.5 Å². The van der Waals surface area contributed by atoms with Crippen LogP contribution >= 0.6 is 0 Å². The van der Waals surface area contributed by atoms with Crippen molar-refractivity contribution in [2.45, 2.75) is 18.4 Å². The number of hydrogen-bond acceptors (Lipinski definition) is 8. The van der Waals surface area contributed by atoms with E-state index in [0.29, 0.717) is 24.5 Å². The van der Waals surface area contributed by atoms with Crippen LogP contribution in [-0.4, -0.2) is 19.5 Å². The Balaban J connectivity index is 0.00000380. The summed E-state index contributed by atoms with van der Waals surface area (Å²) in [5.74, 6) is 0. The predicted octanol–water partition coefficient (Wildman–Crippen LogP) is 4.45. The minimum atomic E-state index is -4.49. The molecular formula is C27H24N5NaO3S. The topological polar surface area (TPSA) is 110 Å². The van der Waals surface area contributed by atoms with Crippen molar-refractivity contribution in [2.75, 3.05) is 11.4 Å². The van der Waals surface area contributed by atoms with Gasteiger partial charge < -0.3 is 9.45 Å². The molecule has 0 amide bonds. The molecule has 4 aromatic carbocycles. The van der Waals surface area contributed by atoms with E-state index in [2.05, 4.69) is 25.4 Å². The first-order valence-corrected chi connectivity index (χ1v) is 12.7. The van der Waals surface area contributed by atoms with Gasteiger partial charge in [0.2, 0.25) is 0 Å². The SMILES string of the molecule is CCN(Cc1cccc(S(=O)(=O)[O-])c1)c1ccc(N=Nc2ccc(N=Nc3ccccc3)cc2)cc1.[Na+]. The van der Waals surface area contributed by atoms with Crippen LogP contribution in [0.1, 0.15) is 12.5 Å². The average Bonchev–Trinajstić information content (AvgIpc) is 2.90. The first-order valence-electron chi connectivity index (χ1n) is 11.3.